The second-order valence-electron chi connectivity index (χ2n) is 10.1. The molecule has 1 saturated heterocycles. The number of likely N-dealkylation sites (tertiary alicyclic amines) is 1. The van der Waals surface area contributed by atoms with E-state index in [0.717, 1.165) is 32.2 Å². The molecule has 0 spiro atoms. The van der Waals surface area contributed by atoms with E-state index in [1.165, 1.54) is 0 Å². The Morgan fingerprint density at radius 1 is 1.12 bits per heavy atom. The third-order valence-corrected chi connectivity index (χ3v) is 6.68. The number of carbonyl (C=O) groups excluding carboxylic acids is 1. The molecular formula is C21H37N3O. The SMILES string of the molecule is CC(C)CN1C2CC3C=NC2(C(N)=O)C(C3)C1(CC(C)C)CC(C)C. The summed E-state index contributed by atoms with van der Waals surface area (Å²) < 4.78 is 0. The highest BCUT2D eigenvalue weighted by atomic mass is 16.1. The maximum atomic E-state index is 12.8. The Morgan fingerprint density at radius 3 is 2.20 bits per heavy atom. The van der Waals surface area contributed by atoms with Crippen LogP contribution in [0.25, 0.3) is 0 Å². The fraction of sp³-hybridized carbons (Fsp3) is 0.905. The number of primary amides is 1. The minimum Gasteiger partial charge on any atom is -0.367 e. The van der Waals surface area contributed by atoms with Crippen molar-refractivity contribution in [2.45, 2.75) is 84.3 Å². The Kier molecular flexibility index (Phi) is 4.81. The third kappa shape index (κ3) is 2.75. The second kappa shape index (κ2) is 6.37. The Hall–Kier alpha value is -0.900. The van der Waals surface area contributed by atoms with Crippen LogP contribution in [0.4, 0.5) is 0 Å². The number of aliphatic imine (C=N–C) groups is 1. The van der Waals surface area contributed by atoms with Crippen molar-refractivity contribution in [3.63, 3.8) is 0 Å². The summed E-state index contributed by atoms with van der Waals surface area (Å²) in [7, 11) is 0. The van der Waals surface area contributed by atoms with Crippen LogP contribution < -0.4 is 5.73 Å². The third-order valence-electron chi connectivity index (χ3n) is 6.68. The van der Waals surface area contributed by atoms with E-state index in [9.17, 15) is 4.79 Å². The number of hydrogen-bond acceptors (Lipinski definition) is 3. The van der Waals surface area contributed by atoms with Gasteiger partial charge in [-0.05, 0) is 49.4 Å². The molecule has 4 atom stereocenters. The summed E-state index contributed by atoms with van der Waals surface area (Å²) >= 11 is 0. The topological polar surface area (TPSA) is 58.7 Å². The van der Waals surface area contributed by atoms with E-state index in [1.54, 1.807) is 0 Å². The van der Waals surface area contributed by atoms with Crippen LogP contribution in [0.3, 0.4) is 0 Å². The van der Waals surface area contributed by atoms with Crippen LogP contribution in [-0.4, -0.2) is 40.7 Å². The average Bonchev–Trinajstić information content (AvgIpc) is 2.63. The molecule has 4 bridgehead atoms. The lowest BCUT2D eigenvalue weighted by molar-refractivity contribution is -0.127. The molecule has 3 heterocycles. The predicted molar refractivity (Wildman–Crippen MR) is 104 cm³/mol. The van der Waals surface area contributed by atoms with E-state index < -0.39 is 5.54 Å². The Morgan fingerprint density at radius 2 is 1.72 bits per heavy atom. The molecule has 1 amide bonds. The molecule has 0 aromatic rings. The van der Waals surface area contributed by atoms with Crippen LogP contribution in [-0.2, 0) is 4.79 Å². The molecule has 4 unspecified atom stereocenters. The number of carbonyl (C=O) groups is 1. The van der Waals surface area contributed by atoms with Crippen LogP contribution in [0.1, 0.15) is 67.2 Å². The molecule has 4 heteroatoms. The van der Waals surface area contributed by atoms with Crippen molar-refractivity contribution in [3.8, 4) is 0 Å². The molecule has 0 radical (unpaired) electrons. The number of nitrogens with zero attached hydrogens (tertiary/aromatic N) is 2. The van der Waals surface area contributed by atoms with Crippen molar-refractivity contribution < 1.29 is 4.79 Å². The van der Waals surface area contributed by atoms with Gasteiger partial charge in [0.25, 0.3) is 0 Å². The van der Waals surface area contributed by atoms with E-state index in [-0.39, 0.29) is 23.4 Å². The Bertz CT molecular complexity index is 543. The standard InChI is InChI=1S/C21H37N3O/c1-13(2)9-20(10-14(3)4)17-7-16-8-18(24(20)12-15(5)6)21(17,19(22)25)23-11-16/h11,13-18H,7-10,12H2,1-6H3,(H2,22,25). The Balaban J connectivity index is 2.16. The summed E-state index contributed by atoms with van der Waals surface area (Å²) in [6, 6.07) is 0.193. The van der Waals surface area contributed by atoms with Gasteiger partial charge in [-0.15, -0.1) is 0 Å². The summed E-state index contributed by atoms with van der Waals surface area (Å²) in [6.07, 6.45) is 6.45. The number of nitrogens with two attached hydrogens (primary N) is 1. The first-order valence-corrected chi connectivity index (χ1v) is 10.3. The highest BCUT2D eigenvalue weighted by Crippen LogP contribution is 2.61. The number of amides is 1. The van der Waals surface area contributed by atoms with Crippen LogP contribution >= 0.6 is 0 Å². The van der Waals surface area contributed by atoms with Crippen molar-refractivity contribution in [1.82, 2.24) is 4.90 Å². The molecule has 3 aliphatic heterocycles. The van der Waals surface area contributed by atoms with Crippen LogP contribution in [0.15, 0.2) is 4.99 Å². The van der Waals surface area contributed by atoms with E-state index >= 15 is 0 Å². The highest BCUT2D eigenvalue weighted by Gasteiger charge is 2.72. The van der Waals surface area contributed by atoms with Gasteiger partial charge in [-0.2, -0.15) is 0 Å². The molecule has 25 heavy (non-hydrogen) atoms. The van der Waals surface area contributed by atoms with Gasteiger partial charge in [0.15, 0.2) is 5.54 Å². The van der Waals surface area contributed by atoms with Crippen LogP contribution in [0, 0.1) is 29.6 Å². The van der Waals surface area contributed by atoms with Crippen LogP contribution in [0.5, 0.6) is 0 Å². The van der Waals surface area contributed by atoms with E-state index in [0.29, 0.717) is 23.7 Å². The normalized spacial score (nSPS) is 36.1. The summed E-state index contributed by atoms with van der Waals surface area (Å²) in [4.78, 5) is 20.4. The molecule has 1 aliphatic carbocycles. The Labute approximate surface area is 153 Å². The van der Waals surface area contributed by atoms with Gasteiger partial charge >= 0.3 is 0 Å². The van der Waals surface area contributed by atoms with Gasteiger partial charge in [0.05, 0.1) is 0 Å². The van der Waals surface area contributed by atoms with E-state index in [1.807, 2.05) is 6.21 Å². The summed E-state index contributed by atoms with van der Waals surface area (Å²) in [5.41, 5.74) is 5.42. The zero-order valence-electron chi connectivity index (χ0n) is 17.0. The smallest absolute Gasteiger partial charge is 0.247 e. The second-order valence-corrected chi connectivity index (χ2v) is 10.1. The van der Waals surface area contributed by atoms with Crippen LogP contribution in [0.2, 0.25) is 0 Å². The summed E-state index contributed by atoms with van der Waals surface area (Å²) in [5, 5.41) is 0. The lowest BCUT2D eigenvalue weighted by Gasteiger charge is -2.48. The van der Waals surface area contributed by atoms with Crippen molar-refractivity contribution in [3.05, 3.63) is 0 Å². The molecular weight excluding hydrogens is 310 g/mol. The van der Waals surface area contributed by atoms with Gasteiger partial charge < -0.3 is 5.73 Å². The van der Waals surface area contributed by atoms with Gasteiger partial charge in [-0.1, -0.05) is 41.5 Å². The first kappa shape index (κ1) is 18.9. The van der Waals surface area contributed by atoms with Gasteiger partial charge in [-0.25, -0.2) is 0 Å². The molecule has 4 aliphatic rings. The van der Waals surface area contributed by atoms with Gasteiger partial charge in [0, 0.05) is 30.3 Å². The fourth-order valence-electron chi connectivity index (χ4n) is 6.43. The maximum Gasteiger partial charge on any atom is 0.247 e. The van der Waals surface area contributed by atoms with Crippen molar-refractivity contribution >= 4 is 12.1 Å². The average molecular weight is 348 g/mol. The molecule has 4 nitrogen and oxygen atoms in total. The zero-order chi connectivity index (χ0) is 18.6. The first-order valence-electron chi connectivity index (χ1n) is 10.3. The van der Waals surface area contributed by atoms with E-state index in [2.05, 4.69) is 46.4 Å². The molecule has 2 fully saturated rings. The number of rotatable bonds is 7. The fourth-order valence-corrected chi connectivity index (χ4v) is 6.43. The molecule has 1 saturated carbocycles. The minimum absolute atomic E-state index is 0.0544. The molecule has 142 valence electrons. The lowest BCUT2D eigenvalue weighted by atomic mass is 9.59. The monoisotopic (exact) mass is 347 g/mol. The van der Waals surface area contributed by atoms with Crippen molar-refractivity contribution in [2.75, 3.05) is 6.54 Å². The van der Waals surface area contributed by atoms with Gasteiger partial charge in [0.2, 0.25) is 5.91 Å². The minimum atomic E-state index is -0.687. The predicted octanol–water partition coefficient (Wildman–Crippen LogP) is 3.49. The maximum absolute atomic E-state index is 12.8. The number of hydrogen-bond donors (Lipinski definition) is 1. The first-order chi connectivity index (χ1) is 11.6. The van der Waals surface area contributed by atoms with Gasteiger partial charge in [-0.3, -0.25) is 14.7 Å². The van der Waals surface area contributed by atoms with Crippen molar-refractivity contribution in [1.29, 1.82) is 0 Å². The quantitative estimate of drug-likeness (QED) is 0.766. The lowest BCUT2D eigenvalue weighted by Crippen LogP contribution is -2.61. The molecule has 4 rings (SSSR count). The van der Waals surface area contributed by atoms with Gasteiger partial charge in [0.1, 0.15) is 0 Å². The highest BCUT2D eigenvalue weighted by molar-refractivity contribution is 5.91. The summed E-state index contributed by atoms with van der Waals surface area (Å²) in [5.74, 6) is 2.37. The van der Waals surface area contributed by atoms with Crippen molar-refractivity contribution in [2.24, 2.45) is 40.3 Å². The molecule has 2 N–H and O–H groups in total. The molecule has 0 aromatic heterocycles. The van der Waals surface area contributed by atoms with E-state index in [4.69, 9.17) is 10.7 Å². The summed E-state index contributed by atoms with van der Waals surface area (Å²) in [6.45, 7) is 14.9. The largest absolute Gasteiger partial charge is 0.367 e. The molecule has 0 aromatic carbocycles. The zero-order valence-corrected chi connectivity index (χ0v) is 17.0.